The fourth-order valence-electron chi connectivity index (χ4n) is 5.37. The number of carbonyl (C=O) groups is 3. The van der Waals surface area contributed by atoms with Gasteiger partial charge in [0, 0.05) is 18.0 Å². The van der Waals surface area contributed by atoms with Crippen LogP contribution in [-0.4, -0.2) is 70.4 Å². The van der Waals surface area contributed by atoms with Crippen LogP contribution in [-0.2, 0) is 35.6 Å². The van der Waals surface area contributed by atoms with Crippen LogP contribution in [0.1, 0.15) is 66.5 Å². The molecule has 0 aliphatic carbocycles. The van der Waals surface area contributed by atoms with Crippen molar-refractivity contribution in [3.05, 3.63) is 77.4 Å². The van der Waals surface area contributed by atoms with Gasteiger partial charge in [-0.05, 0) is 48.6 Å². The molecular weight excluding hydrogens is 604 g/mol. The number of methoxy groups -OCH3 is 1. The first-order chi connectivity index (χ1) is 21.2. The van der Waals surface area contributed by atoms with Crippen LogP contribution in [0.4, 0.5) is 0 Å². The van der Waals surface area contributed by atoms with Crippen molar-refractivity contribution in [3.8, 4) is 5.75 Å². The van der Waals surface area contributed by atoms with Gasteiger partial charge in [-0.1, -0.05) is 97.0 Å². The molecule has 46 heavy (non-hydrogen) atoms. The van der Waals surface area contributed by atoms with Gasteiger partial charge in [-0.3, -0.25) is 14.4 Å². The minimum absolute atomic E-state index is 0.131. The van der Waals surface area contributed by atoms with E-state index < -0.39 is 44.9 Å². The van der Waals surface area contributed by atoms with Gasteiger partial charge in [-0.2, -0.15) is 0 Å². The van der Waals surface area contributed by atoms with Crippen molar-refractivity contribution >= 4 is 27.7 Å². The predicted octanol–water partition coefficient (Wildman–Crippen LogP) is 4.17. The van der Waals surface area contributed by atoms with Gasteiger partial charge >= 0.3 is 0 Å². The van der Waals surface area contributed by atoms with E-state index in [9.17, 15) is 22.8 Å². The topological polar surface area (TPSA) is 134 Å². The Balaban J connectivity index is 2.30. The number of hydrogen-bond acceptors (Lipinski definition) is 7. The minimum Gasteiger partial charge on any atom is -0.497 e. The second kappa shape index (κ2) is 15.7. The molecule has 0 fully saturated rings. The Hall–Kier alpha value is -3.70. The van der Waals surface area contributed by atoms with E-state index in [1.54, 1.807) is 57.6 Å². The fourth-order valence-corrected chi connectivity index (χ4v) is 6.51. The van der Waals surface area contributed by atoms with Crippen LogP contribution >= 0.6 is 0 Å². The summed E-state index contributed by atoms with van der Waals surface area (Å²) in [7, 11) is 0.989. The first-order valence-electron chi connectivity index (χ1n) is 15.4. The molecule has 0 heterocycles. The SMILES string of the molecule is CN[C@H](C(=O)N[C@H](C(=O)N(C)[C@H](C=C(C)C(=O)NS(=O)(=O)Cc1ccccc1)C(C)C)C(C)(C)C)C(C)(C)c1ccc(OC)cc1. The molecule has 2 aromatic carbocycles. The van der Waals surface area contributed by atoms with Gasteiger partial charge in [0.2, 0.25) is 21.8 Å². The highest BCUT2D eigenvalue weighted by molar-refractivity contribution is 7.89. The summed E-state index contributed by atoms with van der Waals surface area (Å²) in [6.45, 7) is 14.9. The van der Waals surface area contributed by atoms with Crippen molar-refractivity contribution in [2.75, 3.05) is 21.2 Å². The average molecular weight is 657 g/mol. The number of likely N-dealkylation sites (N-methyl/N-ethyl adjacent to an activating group) is 2. The van der Waals surface area contributed by atoms with Crippen molar-refractivity contribution in [3.63, 3.8) is 0 Å². The summed E-state index contributed by atoms with van der Waals surface area (Å²) >= 11 is 0. The van der Waals surface area contributed by atoms with E-state index in [1.165, 1.54) is 11.8 Å². The van der Waals surface area contributed by atoms with Crippen LogP contribution in [0.5, 0.6) is 5.75 Å². The molecule has 3 amide bonds. The van der Waals surface area contributed by atoms with E-state index >= 15 is 0 Å². The van der Waals surface area contributed by atoms with Gasteiger partial charge < -0.3 is 20.3 Å². The van der Waals surface area contributed by atoms with Crippen molar-refractivity contribution in [2.45, 2.75) is 84.7 Å². The zero-order valence-electron chi connectivity index (χ0n) is 29.1. The molecule has 10 nitrogen and oxygen atoms in total. The van der Waals surface area contributed by atoms with Crippen molar-refractivity contribution in [2.24, 2.45) is 11.3 Å². The Morgan fingerprint density at radius 1 is 0.935 bits per heavy atom. The van der Waals surface area contributed by atoms with Crippen LogP contribution in [0, 0.1) is 11.3 Å². The van der Waals surface area contributed by atoms with Gasteiger partial charge in [0.05, 0.1) is 24.9 Å². The first kappa shape index (κ1) is 38.5. The molecule has 0 aliphatic heterocycles. The maximum atomic E-state index is 14.1. The second-order valence-corrected chi connectivity index (χ2v) is 15.4. The largest absolute Gasteiger partial charge is 0.497 e. The molecule has 0 saturated heterocycles. The minimum atomic E-state index is -3.94. The summed E-state index contributed by atoms with van der Waals surface area (Å²) in [5.74, 6) is -1.19. The third-order valence-corrected chi connectivity index (χ3v) is 9.42. The zero-order chi connectivity index (χ0) is 35.0. The summed E-state index contributed by atoms with van der Waals surface area (Å²) in [4.78, 5) is 42.4. The number of ether oxygens (including phenoxy) is 1. The summed E-state index contributed by atoms with van der Waals surface area (Å²) in [6.07, 6.45) is 1.60. The number of rotatable bonds is 14. The van der Waals surface area contributed by atoms with E-state index in [-0.39, 0.29) is 29.1 Å². The van der Waals surface area contributed by atoms with E-state index in [2.05, 4.69) is 15.4 Å². The molecular formula is C35H52N4O6S. The first-order valence-corrected chi connectivity index (χ1v) is 17.1. The fraction of sp³-hybridized carbons (Fsp3) is 0.514. The molecule has 254 valence electrons. The molecule has 2 aromatic rings. The van der Waals surface area contributed by atoms with E-state index in [4.69, 9.17) is 4.74 Å². The summed E-state index contributed by atoms with van der Waals surface area (Å²) in [5, 5.41) is 6.15. The van der Waals surface area contributed by atoms with Crippen LogP contribution < -0.4 is 20.1 Å². The molecule has 11 heteroatoms. The number of amides is 3. The number of sulfonamides is 1. The monoisotopic (exact) mass is 656 g/mol. The summed E-state index contributed by atoms with van der Waals surface area (Å²) in [5.41, 5.74) is 0.327. The second-order valence-electron chi connectivity index (χ2n) is 13.7. The lowest BCUT2D eigenvalue weighted by molar-refractivity contribution is -0.140. The van der Waals surface area contributed by atoms with Crippen molar-refractivity contribution < 1.29 is 27.5 Å². The molecule has 3 N–H and O–H groups in total. The van der Waals surface area contributed by atoms with E-state index in [0.717, 1.165) is 5.56 Å². The van der Waals surface area contributed by atoms with E-state index in [1.807, 2.05) is 72.7 Å². The van der Waals surface area contributed by atoms with Gasteiger partial charge in [0.25, 0.3) is 5.91 Å². The number of hydrogen-bond donors (Lipinski definition) is 3. The standard InChI is InChI=1S/C35H52N4O6S/c1-23(2)28(21-24(3)31(40)38-46(43,44)22-25-15-13-12-14-16-25)39(10)33(42)30(34(4,5)6)37-32(41)29(36-9)35(7,8)26-17-19-27(45-11)20-18-26/h12-21,23,28-30,36H,22H2,1-11H3,(H,37,41)(H,38,40)/t28-,29-,30-/m1/s1. The molecule has 0 saturated carbocycles. The average Bonchev–Trinajstić information content (AvgIpc) is 2.97. The third kappa shape index (κ3) is 10.2. The van der Waals surface area contributed by atoms with Crippen molar-refractivity contribution in [1.29, 1.82) is 0 Å². The van der Waals surface area contributed by atoms with Crippen LogP contribution in [0.3, 0.4) is 0 Å². The molecule has 3 atom stereocenters. The molecule has 0 unspecified atom stereocenters. The lowest BCUT2D eigenvalue weighted by Crippen LogP contribution is -2.61. The lowest BCUT2D eigenvalue weighted by Gasteiger charge is -2.40. The molecule has 0 aromatic heterocycles. The van der Waals surface area contributed by atoms with Crippen molar-refractivity contribution in [1.82, 2.24) is 20.3 Å². The molecule has 0 radical (unpaired) electrons. The van der Waals surface area contributed by atoms with Gasteiger partial charge in [-0.25, -0.2) is 13.1 Å². The predicted molar refractivity (Wildman–Crippen MR) is 183 cm³/mol. The van der Waals surface area contributed by atoms with Crippen LogP contribution in [0.15, 0.2) is 66.2 Å². The molecule has 0 spiro atoms. The Kier molecular flexibility index (Phi) is 13.2. The Bertz CT molecular complexity index is 1480. The highest BCUT2D eigenvalue weighted by atomic mass is 32.2. The normalized spacial score (nSPS) is 14.7. The Labute approximate surface area is 275 Å². The molecule has 0 aliphatic rings. The number of benzene rings is 2. The van der Waals surface area contributed by atoms with Gasteiger partial charge in [0.1, 0.15) is 11.8 Å². The molecule has 2 rings (SSSR count). The smallest absolute Gasteiger partial charge is 0.260 e. The Morgan fingerprint density at radius 2 is 1.50 bits per heavy atom. The van der Waals surface area contributed by atoms with E-state index in [0.29, 0.717) is 11.3 Å². The van der Waals surface area contributed by atoms with Gasteiger partial charge in [-0.15, -0.1) is 0 Å². The Morgan fingerprint density at radius 3 is 1.98 bits per heavy atom. The van der Waals surface area contributed by atoms with Crippen LogP contribution in [0.2, 0.25) is 0 Å². The highest BCUT2D eigenvalue weighted by Gasteiger charge is 2.41. The molecule has 0 bridgehead atoms. The highest BCUT2D eigenvalue weighted by Crippen LogP contribution is 2.30. The summed E-state index contributed by atoms with van der Waals surface area (Å²) in [6, 6.07) is 14.0. The van der Waals surface area contributed by atoms with Gasteiger partial charge in [0.15, 0.2) is 0 Å². The number of nitrogens with zero attached hydrogens (tertiary/aromatic N) is 1. The quantitative estimate of drug-likeness (QED) is 0.260. The lowest BCUT2D eigenvalue weighted by atomic mass is 9.76. The maximum absolute atomic E-state index is 14.1. The third-order valence-electron chi connectivity index (χ3n) is 8.21. The number of carbonyl (C=O) groups excluding carboxylic acids is 3. The number of nitrogens with one attached hydrogen (secondary N) is 3. The zero-order valence-corrected chi connectivity index (χ0v) is 29.9. The summed E-state index contributed by atoms with van der Waals surface area (Å²) < 4.78 is 32.8. The van der Waals surface area contributed by atoms with Crippen LogP contribution in [0.25, 0.3) is 0 Å². The maximum Gasteiger partial charge on any atom is 0.260 e.